The Kier molecular flexibility index (Phi) is 3.90. The first-order valence-corrected chi connectivity index (χ1v) is 7.26. The number of benzene rings is 2. The van der Waals surface area contributed by atoms with E-state index in [2.05, 4.69) is 6.07 Å². The number of rotatable bonds is 2. The Balaban J connectivity index is 2.04. The summed E-state index contributed by atoms with van der Waals surface area (Å²) < 4.78 is 0. The molecule has 1 saturated heterocycles. The molecule has 1 aliphatic heterocycles. The minimum atomic E-state index is -0.442. The average molecular weight is 292 g/mol. The van der Waals surface area contributed by atoms with Gasteiger partial charge in [-0.05, 0) is 24.1 Å². The molecule has 0 spiro atoms. The van der Waals surface area contributed by atoms with Crippen molar-refractivity contribution in [3.8, 4) is 17.2 Å². The monoisotopic (exact) mass is 292 g/mol. The van der Waals surface area contributed by atoms with Crippen molar-refractivity contribution in [1.82, 2.24) is 4.90 Å². The predicted molar refractivity (Wildman–Crippen MR) is 83.1 cm³/mol. The highest BCUT2D eigenvalue weighted by Crippen LogP contribution is 2.28. The number of likely N-dealkylation sites (tertiary alicyclic amines) is 1. The Morgan fingerprint density at radius 3 is 2.50 bits per heavy atom. The molecule has 1 aliphatic rings. The molecule has 3 rings (SSSR count). The van der Waals surface area contributed by atoms with E-state index in [0.717, 1.165) is 11.1 Å². The van der Waals surface area contributed by atoms with Crippen LogP contribution in [0.25, 0.3) is 11.1 Å². The normalized spacial score (nSPS) is 17.3. The molecule has 1 atom stereocenters. The third-order valence-corrected chi connectivity index (χ3v) is 3.95. The molecule has 1 N–H and O–H groups in total. The molecule has 1 fully saturated rings. The van der Waals surface area contributed by atoms with Gasteiger partial charge in [0.05, 0.1) is 17.7 Å². The number of hydrogen-bond acceptors (Lipinski definition) is 3. The second-order valence-corrected chi connectivity index (χ2v) is 5.40. The lowest BCUT2D eigenvalue weighted by molar-refractivity contribution is 0.0765. The SMILES string of the molecule is N#Cc1ccccc1-c1ccccc1C(=O)N1CC[C@@H](O)C1. The first kappa shape index (κ1) is 14.3. The summed E-state index contributed by atoms with van der Waals surface area (Å²) in [5.41, 5.74) is 2.63. The van der Waals surface area contributed by atoms with Crippen LogP contribution in [-0.4, -0.2) is 35.1 Å². The van der Waals surface area contributed by atoms with Gasteiger partial charge >= 0.3 is 0 Å². The van der Waals surface area contributed by atoms with E-state index < -0.39 is 6.10 Å². The minimum absolute atomic E-state index is 0.0973. The molecule has 0 bridgehead atoms. The lowest BCUT2D eigenvalue weighted by atomic mass is 9.95. The Bertz CT molecular complexity index is 749. The van der Waals surface area contributed by atoms with Gasteiger partial charge in [-0.25, -0.2) is 0 Å². The lowest BCUT2D eigenvalue weighted by Crippen LogP contribution is -2.29. The largest absolute Gasteiger partial charge is 0.391 e. The Morgan fingerprint density at radius 1 is 1.14 bits per heavy atom. The fraction of sp³-hybridized carbons (Fsp3) is 0.222. The second-order valence-electron chi connectivity index (χ2n) is 5.40. The van der Waals surface area contributed by atoms with E-state index in [-0.39, 0.29) is 5.91 Å². The molecule has 4 heteroatoms. The standard InChI is InChI=1S/C18H16N2O2/c19-11-13-5-1-2-6-15(13)16-7-3-4-8-17(16)18(22)20-10-9-14(21)12-20/h1-8,14,21H,9-10,12H2/t14-/m1/s1. The van der Waals surface area contributed by atoms with Gasteiger partial charge in [-0.15, -0.1) is 0 Å². The van der Waals surface area contributed by atoms with Crippen molar-refractivity contribution >= 4 is 5.91 Å². The number of nitriles is 1. The summed E-state index contributed by atoms with van der Waals surface area (Å²) >= 11 is 0. The van der Waals surface area contributed by atoms with E-state index in [4.69, 9.17) is 0 Å². The molecular weight excluding hydrogens is 276 g/mol. The third kappa shape index (κ3) is 2.59. The average Bonchev–Trinajstić information content (AvgIpc) is 3.00. The zero-order chi connectivity index (χ0) is 15.5. The topological polar surface area (TPSA) is 64.3 Å². The van der Waals surface area contributed by atoms with Crippen molar-refractivity contribution in [2.45, 2.75) is 12.5 Å². The van der Waals surface area contributed by atoms with Crippen LogP contribution in [-0.2, 0) is 0 Å². The van der Waals surface area contributed by atoms with E-state index in [1.807, 2.05) is 36.4 Å². The predicted octanol–water partition coefficient (Wildman–Crippen LogP) is 2.43. The Labute approximate surface area is 129 Å². The van der Waals surface area contributed by atoms with E-state index in [9.17, 15) is 15.2 Å². The first-order valence-electron chi connectivity index (χ1n) is 7.26. The van der Waals surface area contributed by atoms with Crippen LogP contribution in [0.2, 0.25) is 0 Å². The number of aliphatic hydroxyl groups excluding tert-OH is 1. The van der Waals surface area contributed by atoms with Crippen molar-refractivity contribution in [2.24, 2.45) is 0 Å². The van der Waals surface area contributed by atoms with Crippen LogP contribution in [0.15, 0.2) is 48.5 Å². The molecule has 1 amide bonds. The number of hydrogen-bond donors (Lipinski definition) is 1. The summed E-state index contributed by atoms with van der Waals surface area (Å²) in [6.07, 6.45) is 0.172. The van der Waals surface area contributed by atoms with Crippen LogP contribution >= 0.6 is 0 Å². The molecule has 0 aromatic heterocycles. The van der Waals surface area contributed by atoms with Gasteiger partial charge in [-0.2, -0.15) is 5.26 Å². The lowest BCUT2D eigenvalue weighted by Gasteiger charge is -2.18. The van der Waals surface area contributed by atoms with Crippen LogP contribution in [0.5, 0.6) is 0 Å². The fourth-order valence-corrected chi connectivity index (χ4v) is 2.82. The maximum atomic E-state index is 12.7. The second kappa shape index (κ2) is 6.00. The summed E-state index contributed by atoms with van der Waals surface area (Å²) in [7, 11) is 0. The summed E-state index contributed by atoms with van der Waals surface area (Å²) in [6, 6.07) is 16.7. The van der Waals surface area contributed by atoms with Crippen LogP contribution < -0.4 is 0 Å². The molecular formula is C18H16N2O2. The van der Waals surface area contributed by atoms with Crippen LogP contribution in [0.1, 0.15) is 22.3 Å². The fourth-order valence-electron chi connectivity index (χ4n) is 2.82. The molecule has 4 nitrogen and oxygen atoms in total. The van der Waals surface area contributed by atoms with Gasteiger partial charge in [-0.1, -0.05) is 36.4 Å². The molecule has 2 aromatic rings. The van der Waals surface area contributed by atoms with Crippen molar-refractivity contribution in [3.63, 3.8) is 0 Å². The number of carbonyl (C=O) groups excluding carboxylic acids is 1. The summed E-state index contributed by atoms with van der Waals surface area (Å²) in [5, 5.41) is 18.9. The van der Waals surface area contributed by atoms with Crippen LogP contribution in [0.3, 0.4) is 0 Å². The Morgan fingerprint density at radius 2 is 1.82 bits per heavy atom. The molecule has 0 unspecified atom stereocenters. The molecule has 0 radical (unpaired) electrons. The maximum absolute atomic E-state index is 12.7. The Hall–Kier alpha value is -2.64. The highest BCUT2D eigenvalue weighted by atomic mass is 16.3. The number of aliphatic hydroxyl groups is 1. The van der Waals surface area contributed by atoms with Crippen molar-refractivity contribution in [1.29, 1.82) is 5.26 Å². The highest BCUT2D eigenvalue weighted by molar-refractivity contribution is 6.01. The van der Waals surface area contributed by atoms with Crippen molar-refractivity contribution < 1.29 is 9.90 Å². The summed E-state index contributed by atoms with van der Waals surface area (Å²) in [6.45, 7) is 0.932. The van der Waals surface area contributed by atoms with Gasteiger partial charge in [0.25, 0.3) is 5.91 Å². The van der Waals surface area contributed by atoms with Gasteiger partial charge in [0.2, 0.25) is 0 Å². The van der Waals surface area contributed by atoms with E-state index >= 15 is 0 Å². The number of nitrogens with zero attached hydrogens (tertiary/aromatic N) is 2. The van der Waals surface area contributed by atoms with Gasteiger partial charge < -0.3 is 10.0 Å². The highest BCUT2D eigenvalue weighted by Gasteiger charge is 2.27. The van der Waals surface area contributed by atoms with Crippen molar-refractivity contribution in [2.75, 3.05) is 13.1 Å². The van der Waals surface area contributed by atoms with Crippen LogP contribution in [0.4, 0.5) is 0 Å². The van der Waals surface area contributed by atoms with Gasteiger partial charge in [0.15, 0.2) is 0 Å². The minimum Gasteiger partial charge on any atom is -0.391 e. The molecule has 1 heterocycles. The van der Waals surface area contributed by atoms with E-state index in [0.29, 0.717) is 30.6 Å². The molecule has 2 aromatic carbocycles. The van der Waals surface area contributed by atoms with E-state index in [1.165, 1.54) is 0 Å². The summed E-state index contributed by atoms with van der Waals surface area (Å²) in [5.74, 6) is -0.0973. The number of amides is 1. The molecule has 0 saturated carbocycles. The van der Waals surface area contributed by atoms with Crippen molar-refractivity contribution in [3.05, 3.63) is 59.7 Å². The van der Waals surface area contributed by atoms with Gasteiger partial charge in [0.1, 0.15) is 0 Å². The first-order chi connectivity index (χ1) is 10.7. The smallest absolute Gasteiger partial charge is 0.254 e. The third-order valence-electron chi connectivity index (χ3n) is 3.95. The number of carbonyl (C=O) groups is 1. The zero-order valence-electron chi connectivity index (χ0n) is 12.1. The molecule has 110 valence electrons. The number of β-amino-alcohol motifs (C(OH)–C–C–N with tert-alkyl or cyclic N) is 1. The van der Waals surface area contributed by atoms with Crippen LogP contribution in [0, 0.1) is 11.3 Å². The summed E-state index contributed by atoms with van der Waals surface area (Å²) in [4.78, 5) is 14.4. The zero-order valence-corrected chi connectivity index (χ0v) is 12.1. The maximum Gasteiger partial charge on any atom is 0.254 e. The quantitative estimate of drug-likeness (QED) is 0.924. The molecule has 22 heavy (non-hydrogen) atoms. The van der Waals surface area contributed by atoms with Gasteiger partial charge in [-0.3, -0.25) is 4.79 Å². The van der Waals surface area contributed by atoms with E-state index in [1.54, 1.807) is 17.0 Å². The van der Waals surface area contributed by atoms with Gasteiger partial charge in [0, 0.05) is 24.2 Å². The molecule has 0 aliphatic carbocycles.